The van der Waals surface area contributed by atoms with Crippen LogP contribution in [-0.4, -0.2) is 16.7 Å². The Kier molecular flexibility index (Phi) is 4.27. The van der Waals surface area contributed by atoms with Gasteiger partial charge in [0, 0.05) is 11.1 Å². The number of rotatable bonds is 3. The van der Waals surface area contributed by atoms with Crippen molar-refractivity contribution >= 4 is 11.6 Å². The fourth-order valence-corrected chi connectivity index (χ4v) is 1.66. The second-order valence-electron chi connectivity index (χ2n) is 4.31. The molecule has 0 unspecified atom stereocenters. The first kappa shape index (κ1) is 14.6. The topological polar surface area (TPSA) is 61.7 Å². The van der Waals surface area contributed by atoms with E-state index in [-0.39, 0.29) is 22.6 Å². The van der Waals surface area contributed by atoms with Crippen LogP contribution < -0.4 is 5.43 Å². The minimum absolute atomic E-state index is 0.145. The summed E-state index contributed by atoms with van der Waals surface area (Å²) in [5.41, 5.74) is 2.90. The molecular formula is C15H12F2N2O2. The number of hydrazone groups is 1. The van der Waals surface area contributed by atoms with Crippen molar-refractivity contribution in [1.82, 2.24) is 5.43 Å². The van der Waals surface area contributed by atoms with Gasteiger partial charge in [0.15, 0.2) is 0 Å². The normalized spacial score (nSPS) is 11.3. The van der Waals surface area contributed by atoms with Crippen molar-refractivity contribution in [2.45, 2.75) is 6.92 Å². The Hall–Kier alpha value is -2.76. The minimum Gasteiger partial charge on any atom is -0.507 e. The minimum atomic E-state index is -0.537. The van der Waals surface area contributed by atoms with E-state index in [1.807, 2.05) is 0 Å². The van der Waals surface area contributed by atoms with E-state index < -0.39 is 17.5 Å². The van der Waals surface area contributed by atoms with E-state index in [9.17, 15) is 18.7 Å². The van der Waals surface area contributed by atoms with Crippen molar-refractivity contribution in [3.63, 3.8) is 0 Å². The number of aromatic hydroxyl groups is 1. The van der Waals surface area contributed by atoms with Gasteiger partial charge in [0.2, 0.25) is 0 Å². The highest BCUT2D eigenvalue weighted by molar-refractivity contribution is 6.02. The van der Waals surface area contributed by atoms with Gasteiger partial charge < -0.3 is 5.11 Å². The first-order valence-electron chi connectivity index (χ1n) is 6.06. The van der Waals surface area contributed by atoms with Gasteiger partial charge in [-0.05, 0) is 49.4 Å². The van der Waals surface area contributed by atoms with Gasteiger partial charge in [0.05, 0.1) is 5.71 Å². The maximum Gasteiger partial charge on any atom is 0.271 e. The Morgan fingerprint density at radius 1 is 1.10 bits per heavy atom. The molecule has 0 heterocycles. The summed E-state index contributed by atoms with van der Waals surface area (Å²) in [5, 5.41) is 13.4. The van der Waals surface area contributed by atoms with Gasteiger partial charge in [-0.15, -0.1) is 0 Å². The summed E-state index contributed by atoms with van der Waals surface area (Å²) in [6, 6.07) is 8.37. The number of benzene rings is 2. The summed E-state index contributed by atoms with van der Waals surface area (Å²) in [5.74, 6) is -1.66. The number of halogens is 2. The molecule has 0 aliphatic rings. The molecule has 6 heteroatoms. The van der Waals surface area contributed by atoms with Gasteiger partial charge in [0.25, 0.3) is 5.91 Å². The quantitative estimate of drug-likeness (QED) is 0.674. The Morgan fingerprint density at radius 2 is 1.71 bits per heavy atom. The lowest BCUT2D eigenvalue weighted by molar-refractivity contribution is 0.0955. The maximum absolute atomic E-state index is 13.1. The Bertz CT molecular complexity index is 697. The Labute approximate surface area is 119 Å². The molecule has 21 heavy (non-hydrogen) atoms. The van der Waals surface area contributed by atoms with E-state index in [1.165, 1.54) is 25.1 Å². The smallest absolute Gasteiger partial charge is 0.271 e. The van der Waals surface area contributed by atoms with Crippen LogP contribution in [-0.2, 0) is 0 Å². The Balaban J connectivity index is 2.14. The van der Waals surface area contributed by atoms with Gasteiger partial charge >= 0.3 is 0 Å². The number of carbonyl (C=O) groups excluding carboxylic acids is 1. The average Bonchev–Trinajstić information content (AvgIpc) is 2.47. The summed E-state index contributed by atoms with van der Waals surface area (Å²) >= 11 is 0. The second kappa shape index (κ2) is 6.13. The number of nitrogens with zero attached hydrogens (tertiary/aromatic N) is 1. The molecular weight excluding hydrogens is 278 g/mol. The van der Waals surface area contributed by atoms with Crippen molar-refractivity contribution in [2.24, 2.45) is 5.10 Å². The first-order chi connectivity index (χ1) is 9.97. The van der Waals surface area contributed by atoms with Crippen LogP contribution in [0.25, 0.3) is 0 Å². The average molecular weight is 290 g/mol. The van der Waals surface area contributed by atoms with E-state index in [0.29, 0.717) is 0 Å². The predicted octanol–water partition coefficient (Wildman–Crippen LogP) is 2.82. The highest BCUT2D eigenvalue weighted by atomic mass is 19.1. The number of hydrogen-bond donors (Lipinski definition) is 2. The highest BCUT2D eigenvalue weighted by Gasteiger charge is 2.08. The molecule has 0 radical (unpaired) electrons. The van der Waals surface area contributed by atoms with E-state index >= 15 is 0 Å². The fourth-order valence-electron chi connectivity index (χ4n) is 1.66. The fraction of sp³-hybridized carbons (Fsp3) is 0.0667. The van der Waals surface area contributed by atoms with Gasteiger partial charge in [-0.2, -0.15) is 5.10 Å². The summed E-state index contributed by atoms with van der Waals surface area (Å²) in [4.78, 5) is 11.8. The lowest BCUT2D eigenvalue weighted by Gasteiger charge is -2.05. The summed E-state index contributed by atoms with van der Waals surface area (Å²) in [6.45, 7) is 1.51. The third-order valence-electron chi connectivity index (χ3n) is 2.78. The van der Waals surface area contributed by atoms with E-state index in [1.54, 1.807) is 0 Å². The molecule has 0 aromatic heterocycles. The zero-order valence-corrected chi connectivity index (χ0v) is 11.1. The highest BCUT2D eigenvalue weighted by Crippen LogP contribution is 2.18. The molecule has 0 spiro atoms. The van der Waals surface area contributed by atoms with E-state index in [4.69, 9.17) is 0 Å². The third-order valence-corrected chi connectivity index (χ3v) is 2.78. The van der Waals surface area contributed by atoms with Gasteiger partial charge in [0.1, 0.15) is 17.4 Å². The number of carbonyl (C=O) groups is 1. The van der Waals surface area contributed by atoms with Crippen LogP contribution in [0.3, 0.4) is 0 Å². The molecule has 2 rings (SSSR count). The van der Waals surface area contributed by atoms with Crippen LogP contribution >= 0.6 is 0 Å². The molecule has 2 aromatic rings. The van der Waals surface area contributed by atoms with Crippen molar-refractivity contribution in [2.75, 3.05) is 0 Å². The van der Waals surface area contributed by atoms with Crippen LogP contribution in [0.4, 0.5) is 8.78 Å². The number of nitrogens with one attached hydrogen (secondary N) is 1. The maximum atomic E-state index is 13.1. The predicted molar refractivity (Wildman–Crippen MR) is 74.1 cm³/mol. The lowest BCUT2D eigenvalue weighted by Crippen LogP contribution is -2.19. The number of phenolic OH excluding ortho intramolecular Hbond substituents is 1. The van der Waals surface area contributed by atoms with Crippen molar-refractivity contribution < 1.29 is 18.7 Å². The Morgan fingerprint density at radius 3 is 2.38 bits per heavy atom. The van der Waals surface area contributed by atoms with Crippen molar-refractivity contribution in [3.8, 4) is 5.75 Å². The van der Waals surface area contributed by atoms with Crippen LogP contribution in [0.15, 0.2) is 47.6 Å². The number of phenols is 1. The van der Waals surface area contributed by atoms with Crippen LogP contribution in [0.5, 0.6) is 5.75 Å². The summed E-state index contributed by atoms with van der Waals surface area (Å²) in [6.07, 6.45) is 0. The van der Waals surface area contributed by atoms with E-state index in [2.05, 4.69) is 10.5 Å². The molecule has 2 aromatic carbocycles. The van der Waals surface area contributed by atoms with Crippen molar-refractivity contribution in [1.29, 1.82) is 0 Å². The molecule has 2 N–H and O–H groups in total. The van der Waals surface area contributed by atoms with Crippen molar-refractivity contribution in [3.05, 3.63) is 65.2 Å². The van der Waals surface area contributed by atoms with Crippen LogP contribution in [0.2, 0.25) is 0 Å². The molecule has 0 saturated heterocycles. The molecule has 0 aliphatic heterocycles. The number of hydrogen-bond acceptors (Lipinski definition) is 3. The van der Waals surface area contributed by atoms with Crippen LogP contribution in [0.1, 0.15) is 22.8 Å². The molecule has 0 fully saturated rings. The molecule has 1 amide bonds. The molecule has 108 valence electrons. The zero-order chi connectivity index (χ0) is 15.4. The van der Waals surface area contributed by atoms with Gasteiger partial charge in [-0.3, -0.25) is 4.79 Å². The molecule has 0 saturated carbocycles. The largest absolute Gasteiger partial charge is 0.507 e. The van der Waals surface area contributed by atoms with E-state index in [0.717, 1.165) is 24.3 Å². The number of amides is 1. The monoisotopic (exact) mass is 290 g/mol. The first-order valence-corrected chi connectivity index (χ1v) is 6.06. The van der Waals surface area contributed by atoms with Crippen LogP contribution in [0, 0.1) is 11.6 Å². The third kappa shape index (κ3) is 3.62. The molecule has 0 bridgehead atoms. The zero-order valence-electron chi connectivity index (χ0n) is 11.1. The molecule has 0 aliphatic carbocycles. The second-order valence-corrected chi connectivity index (χ2v) is 4.31. The molecule has 4 nitrogen and oxygen atoms in total. The lowest BCUT2D eigenvalue weighted by atomic mass is 10.1. The summed E-state index contributed by atoms with van der Waals surface area (Å²) < 4.78 is 25.9. The van der Waals surface area contributed by atoms with Gasteiger partial charge in [-0.1, -0.05) is 0 Å². The summed E-state index contributed by atoms with van der Waals surface area (Å²) in [7, 11) is 0. The molecule has 0 atom stereocenters. The van der Waals surface area contributed by atoms with Gasteiger partial charge in [-0.25, -0.2) is 14.2 Å². The SMILES string of the molecule is CC(=NNC(=O)c1ccc(F)cc1)c1cc(F)ccc1O. The standard InChI is InChI=1S/C15H12F2N2O2/c1-9(13-8-12(17)6-7-14(13)20)18-19-15(21)10-2-4-11(16)5-3-10/h2-8,20H,1H3,(H,19,21).